The zero-order valence-corrected chi connectivity index (χ0v) is 13.5. The van der Waals surface area contributed by atoms with Crippen molar-refractivity contribution in [2.75, 3.05) is 18.0 Å². The SMILES string of the molecule is CCC1(CC)CCN(c2cc(Cl)ccc2CBr)C1. The van der Waals surface area contributed by atoms with E-state index in [0.717, 1.165) is 16.9 Å². The molecule has 2 rings (SSSR count). The minimum atomic E-state index is 0.506. The molecule has 1 aromatic carbocycles. The molecule has 0 radical (unpaired) electrons. The third-order valence-corrected chi connectivity index (χ3v) is 5.31. The summed E-state index contributed by atoms with van der Waals surface area (Å²) in [4.78, 5) is 2.51. The molecule has 0 amide bonds. The highest BCUT2D eigenvalue weighted by Gasteiger charge is 2.35. The van der Waals surface area contributed by atoms with Crippen LogP contribution in [0, 0.1) is 5.41 Å². The Morgan fingerprint density at radius 3 is 2.61 bits per heavy atom. The van der Waals surface area contributed by atoms with Crippen LogP contribution in [0.3, 0.4) is 0 Å². The van der Waals surface area contributed by atoms with E-state index in [2.05, 4.69) is 46.8 Å². The predicted octanol–water partition coefficient (Wildman–Crippen LogP) is 5.25. The molecule has 1 aromatic rings. The Morgan fingerprint density at radius 2 is 2.06 bits per heavy atom. The smallest absolute Gasteiger partial charge is 0.0426 e. The van der Waals surface area contributed by atoms with Crippen molar-refractivity contribution >= 4 is 33.2 Å². The minimum absolute atomic E-state index is 0.506. The van der Waals surface area contributed by atoms with Gasteiger partial charge in [-0.3, -0.25) is 0 Å². The maximum Gasteiger partial charge on any atom is 0.0426 e. The molecule has 0 aliphatic carbocycles. The molecule has 1 saturated heterocycles. The molecule has 100 valence electrons. The van der Waals surface area contributed by atoms with Gasteiger partial charge in [0.15, 0.2) is 0 Å². The summed E-state index contributed by atoms with van der Waals surface area (Å²) in [7, 11) is 0. The average molecular weight is 331 g/mol. The second-order valence-electron chi connectivity index (χ2n) is 5.29. The quantitative estimate of drug-likeness (QED) is 0.681. The third-order valence-electron chi connectivity index (χ3n) is 4.47. The summed E-state index contributed by atoms with van der Waals surface area (Å²) in [6.45, 7) is 6.95. The summed E-state index contributed by atoms with van der Waals surface area (Å²) in [5.74, 6) is 0. The van der Waals surface area contributed by atoms with Gasteiger partial charge in [0, 0.05) is 29.1 Å². The van der Waals surface area contributed by atoms with Gasteiger partial charge < -0.3 is 4.90 Å². The van der Waals surface area contributed by atoms with Crippen molar-refractivity contribution < 1.29 is 0 Å². The zero-order chi connectivity index (χ0) is 13.2. The van der Waals surface area contributed by atoms with Crippen LogP contribution >= 0.6 is 27.5 Å². The molecule has 1 heterocycles. The normalized spacial score (nSPS) is 18.3. The fourth-order valence-corrected chi connectivity index (χ4v) is 3.55. The molecule has 0 N–H and O–H groups in total. The van der Waals surface area contributed by atoms with Crippen molar-refractivity contribution in [1.29, 1.82) is 0 Å². The highest BCUT2D eigenvalue weighted by Crippen LogP contribution is 2.40. The molecule has 0 spiro atoms. The van der Waals surface area contributed by atoms with Gasteiger partial charge in [0.05, 0.1) is 0 Å². The van der Waals surface area contributed by atoms with Crippen molar-refractivity contribution in [3.63, 3.8) is 0 Å². The summed E-state index contributed by atoms with van der Waals surface area (Å²) in [5.41, 5.74) is 3.15. The van der Waals surface area contributed by atoms with Crippen molar-refractivity contribution in [3.8, 4) is 0 Å². The number of anilines is 1. The standard InChI is InChI=1S/C15H21BrClN/c1-3-15(4-2)7-8-18(11-15)14-9-13(17)6-5-12(14)10-16/h5-6,9H,3-4,7-8,10-11H2,1-2H3. The number of halogens is 2. The Bertz CT molecular complexity index is 415. The van der Waals surface area contributed by atoms with E-state index >= 15 is 0 Å². The van der Waals surface area contributed by atoms with Crippen molar-refractivity contribution in [2.24, 2.45) is 5.41 Å². The van der Waals surface area contributed by atoms with Crippen LogP contribution in [0.5, 0.6) is 0 Å². The van der Waals surface area contributed by atoms with Gasteiger partial charge in [-0.25, -0.2) is 0 Å². The first-order valence-corrected chi connectivity index (χ1v) is 8.23. The molecule has 1 nitrogen and oxygen atoms in total. The van der Waals surface area contributed by atoms with Crippen LogP contribution in [-0.2, 0) is 5.33 Å². The van der Waals surface area contributed by atoms with E-state index in [1.807, 2.05) is 6.07 Å². The number of hydrogen-bond donors (Lipinski definition) is 0. The Kier molecular flexibility index (Phi) is 4.60. The maximum atomic E-state index is 6.15. The van der Waals surface area contributed by atoms with E-state index in [4.69, 9.17) is 11.6 Å². The number of nitrogens with zero attached hydrogens (tertiary/aromatic N) is 1. The Hall–Kier alpha value is -0.210. The van der Waals surface area contributed by atoms with E-state index in [-0.39, 0.29) is 0 Å². The molecule has 1 fully saturated rings. The highest BCUT2D eigenvalue weighted by molar-refractivity contribution is 9.08. The lowest BCUT2D eigenvalue weighted by molar-refractivity contribution is 0.301. The van der Waals surface area contributed by atoms with E-state index in [1.165, 1.54) is 37.1 Å². The molecule has 3 heteroatoms. The fourth-order valence-electron chi connectivity index (χ4n) is 2.91. The van der Waals surface area contributed by atoms with Gasteiger partial charge in [0.2, 0.25) is 0 Å². The van der Waals surface area contributed by atoms with Crippen molar-refractivity contribution in [1.82, 2.24) is 0 Å². The molecule has 0 atom stereocenters. The van der Waals surface area contributed by atoms with Gasteiger partial charge in [-0.2, -0.15) is 0 Å². The first-order chi connectivity index (χ1) is 8.64. The summed E-state index contributed by atoms with van der Waals surface area (Å²) < 4.78 is 0. The van der Waals surface area contributed by atoms with Crippen molar-refractivity contribution in [3.05, 3.63) is 28.8 Å². The minimum Gasteiger partial charge on any atom is -0.371 e. The fraction of sp³-hybridized carbons (Fsp3) is 0.600. The third kappa shape index (κ3) is 2.70. The second-order valence-corrected chi connectivity index (χ2v) is 6.28. The molecule has 0 aromatic heterocycles. The van der Waals surface area contributed by atoms with Crippen LogP contribution in [-0.4, -0.2) is 13.1 Å². The lowest BCUT2D eigenvalue weighted by Crippen LogP contribution is -2.26. The van der Waals surface area contributed by atoms with E-state index in [0.29, 0.717) is 5.41 Å². The van der Waals surface area contributed by atoms with Gasteiger partial charge in [-0.15, -0.1) is 0 Å². The van der Waals surface area contributed by atoms with Crippen LogP contribution in [0.1, 0.15) is 38.7 Å². The van der Waals surface area contributed by atoms with Gasteiger partial charge in [0.1, 0.15) is 0 Å². The van der Waals surface area contributed by atoms with Gasteiger partial charge in [-0.05, 0) is 42.4 Å². The average Bonchev–Trinajstić information content (AvgIpc) is 2.83. The van der Waals surface area contributed by atoms with Gasteiger partial charge in [0.25, 0.3) is 0 Å². The van der Waals surface area contributed by atoms with Crippen LogP contribution in [0.4, 0.5) is 5.69 Å². The lowest BCUT2D eigenvalue weighted by Gasteiger charge is -2.28. The monoisotopic (exact) mass is 329 g/mol. The first kappa shape index (κ1) is 14.2. The molecule has 18 heavy (non-hydrogen) atoms. The zero-order valence-electron chi connectivity index (χ0n) is 11.2. The summed E-state index contributed by atoms with van der Waals surface area (Å²) in [6.07, 6.45) is 3.84. The largest absolute Gasteiger partial charge is 0.371 e. The van der Waals surface area contributed by atoms with Gasteiger partial charge in [-0.1, -0.05) is 47.4 Å². The van der Waals surface area contributed by atoms with E-state index < -0.39 is 0 Å². The topological polar surface area (TPSA) is 3.24 Å². The van der Waals surface area contributed by atoms with Crippen LogP contribution in [0.2, 0.25) is 5.02 Å². The number of rotatable bonds is 4. The maximum absolute atomic E-state index is 6.15. The van der Waals surface area contributed by atoms with Gasteiger partial charge >= 0.3 is 0 Å². The Balaban J connectivity index is 2.26. The summed E-state index contributed by atoms with van der Waals surface area (Å²) in [6, 6.07) is 6.22. The number of benzene rings is 1. The second kappa shape index (κ2) is 5.83. The molecular formula is C15H21BrClN. The van der Waals surface area contributed by atoms with E-state index in [1.54, 1.807) is 0 Å². The number of hydrogen-bond acceptors (Lipinski definition) is 1. The van der Waals surface area contributed by atoms with Crippen molar-refractivity contribution in [2.45, 2.75) is 38.4 Å². The molecular weight excluding hydrogens is 310 g/mol. The predicted molar refractivity (Wildman–Crippen MR) is 83.9 cm³/mol. The van der Waals surface area contributed by atoms with E-state index in [9.17, 15) is 0 Å². The number of alkyl halides is 1. The molecule has 0 unspecified atom stereocenters. The lowest BCUT2D eigenvalue weighted by atomic mass is 9.82. The highest BCUT2D eigenvalue weighted by atomic mass is 79.9. The first-order valence-electron chi connectivity index (χ1n) is 6.73. The molecule has 0 saturated carbocycles. The van der Waals surface area contributed by atoms with Crippen LogP contribution in [0.15, 0.2) is 18.2 Å². The van der Waals surface area contributed by atoms with Crippen LogP contribution in [0.25, 0.3) is 0 Å². The Morgan fingerprint density at radius 1 is 1.33 bits per heavy atom. The molecule has 1 aliphatic rings. The molecule has 1 aliphatic heterocycles. The summed E-state index contributed by atoms with van der Waals surface area (Å²) >= 11 is 9.72. The molecule has 0 bridgehead atoms. The Labute approximate surface area is 124 Å². The van der Waals surface area contributed by atoms with Crippen LogP contribution < -0.4 is 4.90 Å². The summed E-state index contributed by atoms with van der Waals surface area (Å²) in [5, 5.41) is 1.72.